The largest absolute Gasteiger partial charge is 0.550 e. The molecular weight excluding hydrogens is 341 g/mol. The second-order valence-corrected chi connectivity index (χ2v) is 6.94. The minimum absolute atomic E-state index is 0.185. The molecule has 3 aromatic rings. The van der Waals surface area contributed by atoms with Crippen molar-refractivity contribution in [3.8, 4) is 5.75 Å². The minimum atomic E-state index is -0.185. The molecule has 1 heterocycles. The summed E-state index contributed by atoms with van der Waals surface area (Å²) in [5, 5.41) is 1.08. The number of rotatable bonds is 7. The number of aryl methyl sites for hydroxylation is 1. The van der Waals surface area contributed by atoms with E-state index in [1.807, 2.05) is 25.1 Å². The van der Waals surface area contributed by atoms with Crippen LogP contribution in [0.15, 0.2) is 97.1 Å². The summed E-state index contributed by atoms with van der Waals surface area (Å²) in [5.41, 5.74) is 3.23. The van der Waals surface area contributed by atoms with Gasteiger partial charge in [-0.15, -0.1) is 0 Å². The summed E-state index contributed by atoms with van der Waals surface area (Å²) in [4.78, 5) is 4.51. The van der Waals surface area contributed by atoms with Crippen LogP contribution in [-0.2, 0) is 0 Å². The molecule has 0 aliphatic carbocycles. The molecule has 28 heavy (non-hydrogen) atoms. The average Bonchev–Trinajstić information content (AvgIpc) is 2.71. The highest BCUT2D eigenvalue weighted by atomic mass is 16.4. The number of pyridine rings is 1. The number of allylic oxidation sites excluding steroid dienone is 5. The van der Waals surface area contributed by atoms with E-state index in [1.54, 1.807) is 6.20 Å². The lowest BCUT2D eigenvalue weighted by atomic mass is 9.60. The lowest BCUT2D eigenvalue weighted by molar-refractivity contribution is 0.596. The van der Waals surface area contributed by atoms with Crippen LogP contribution < -0.4 is 10.1 Å². The van der Waals surface area contributed by atoms with Crippen LogP contribution in [0.5, 0.6) is 5.75 Å². The van der Waals surface area contributed by atoms with Gasteiger partial charge in [-0.25, -0.2) is 0 Å². The van der Waals surface area contributed by atoms with Gasteiger partial charge in [0.25, 0.3) is 0 Å². The number of nitrogens with zero attached hydrogens (tertiary/aromatic N) is 1. The molecule has 0 radical (unpaired) electrons. The maximum absolute atomic E-state index is 6.41. The van der Waals surface area contributed by atoms with Gasteiger partial charge in [0, 0.05) is 11.6 Å². The summed E-state index contributed by atoms with van der Waals surface area (Å²) in [7, 11) is 0. The number of fused-ring (bicyclic) bond motifs is 1. The first-order valence-electron chi connectivity index (χ1n) is 9.72. The highest BCUT2D eigenvalue weighted by Gasteiger charge is 2.18. The van der Waals surface area contributed by atoms with Gasteiger partial charge in [-0.1, -0.05) is 91.3 Å². The molecule has 0 aliphatic heterocycles. The summed E-state index contributed by atoms with van der Waals surface area (Å²) < 4.78 is 6.41. The van der Waals surface area contributed by atoms with Crippen LogP contribution in [0.2, 0.25) is 0 Å². The van der Waals surface area contributed by atoms with Crippen molar-refractivity contribution < 1.29 is 4.65 Å². The number of para-hydroxylation sites is 1. The Morgan fingerprint density at radius 2 is 1.75 bits per heavy atom. The third kappa shape index (κ3) is 5.23. The maximum Gasteiger partial charge on any atom is 0.419 e. The molecule has 1 atom stereocenters. The van der Waals surface area contributed by atoms with Crippen molar-refractivity contribution in [1.82, 2.24) is 4.98 Å². The lowest BCUT2D eigenvalue weighted by Gasteiger charge is -2.15. The summed E-state index contributed by atoms with van der Waals surface area (Å²) in [6.07, 6.45) is 12.4. The Balaban J connectivity index is 1.88. The molecule has 0 N–H and O–H groups in total. The Hall–Kier alpha value is -3.07. The van der Waals surface area contributed by atoms with Gasteiger partial charge in [0.15, 0.2) is 0 Å². The van der Waals surface area contributed by atoms with E-state index in [0.29, 0.717) is 5.92 Å². The van der Waals surface area contributed by atoms with Gasteiger partial charge in [0.2, 0.25) is 0 Å². The first kappa shape index (κ1) is 19.7. The van der Waals surface area contributed by atoms with Gasteiger partial charge in [-0.3, -0.25) is 4.98 Å². The molecule has 1 unspecified atom stereocenters. The monoisotopic (exact) mass is 367 g/mol. The normalized spacial score (nSPS) is 13.0. The van der Waals surface area contributed by atoms with E-state index in [0.717, 1.165) is 22.1 Å². The number of hydrogen-bond donors (Lipinski definition) is 0. The Labute approximate surface area is 168 Å². The van der Waals surface area contributed by atoms with Crippen molar-refractivity contribution in [2.24, 2.45) is 5.92 Å². The first-order chi connectivity index (χ1) is 13.7. The molecule has 2 nitrogen and oxygen atoms in total. The predicted molar refractivity (Wildman–Crippen MR) is 121 cm³/mol. The highest BCUT2D eigenvalue weighted by Crippen LogP contribution is 2.23. The fraction of sp³-hybridized carbons (Fsp3) is 0.160. The Morgan fingerprint density at radius 1 is 0.964 bits per heavy atom. The van der Waals surface area contributed by atoms with Crippen molar-refractivity contribution in [2.75, 3.05) is 0 Å². The highest BCUT2D eigenvalue weighted by molar-refractivity contribution is 6.72. The zero-order valence-corrected chi connectivity index (χ0v) is 16.7. The Kier molecular flexibility index (Phi) is 6.86. The first-order valence-corrected chi connectivity index (χ1v) is 9.72. The summed E-state index contributed by atoms with van der Waals surface area (Å²) in [6.45, 7) is 6.12. The van der Waals surface area contributed by atoms with Crippen LogP contribution in [0.3, 0.4) is 0 Å². The van der Waals surface area contributed by atoms with E-state index < -0.39 is 0 Å². The Morgan fingerprint density at radius 3 is 2.54 bits per heavy atom. The molecular formula is C25H26BNO. The van der Waals surface area contributed by atoms with Crippen LogP contribution in [0, 0.1) is 12.8 Å². The molecule has 0 bridgehead atoms. The molecule has 1 aromatic heterocycles. The summed E-state index contributed by atoms with van der Waals surface area (Å²) >= 11 is 0. The number of benzene rings is 2. The maximum atomic E-state index is 6.41. The predicted octanol–water partition coefficient (Wildman–Crippen LogP) is 5.68. The molecule has 2 aromatic carbocycles. The smallest absolute Gasteiger partial charge is 0.419 e. The van der Waals surface area contributed by atoms with Crippen LogP contribution in [0.1, 0.15) is 19.4 Å². The SMILES string of the molecule is C/C=C\C(C)C=C/C=C/B(Oc1cccc2cccnc12)c1ccc(C)cc1. The van der Waals surface area contributed by atoms with Gasteiger partial charge in [-0.05, 0) is 37.4 Å². The quantitative estimate of drug-likeness (QED) is 0.304. The van der Waals surface area contributed by atoms with Crippen molar-refractivity contribution in [2.45, 2.75) is 20.8 Å². The van der Waals surface area contributed by atoms with E-state index in [1.165, 1.54) is 5.56 Å². The molecule has 0 spiro atoms. The zero-order chi connectivity index (χ0) is 19.8. The summed E-state index contributed by atoms with van der Waals surface area (Å²) in [5.74, 6) is 3.29. The van der Waals surface area contributed by atoms with Gasteiger partial charge >= 0.3 is 6.92 Å². The van der Waals surface area contributed by atoms with E-state index >= 15 is 0 Å². The summed E-state index contributed by atoms with van der Waals surface area (Å²) in [6, 6.07) is 18.5. The van der Waals surface area contributed by atoms with Crippen molar-refractivity contribution in [3.63, 3.8) is 0 Å². The number of aromatic nitrogens is 1. The topological polar surface area (TPSA) is 22.1 Å². The van der Waals surface area contributed by atoms with Crippen LogP contribution in [0.25, 0.3) is 10.9 Å². The molecule has 0 amide bonds. The molecule has 0 fully saturated rings. The lowest BCUT2D eigenvalue weighted by Crippen LogP contribution is -2.35. The van der Waals surface area contributed by atoms with E-state index in [9.17, 15) is 0 Å². The third-order valence-electron chi connectivity index (χ3n) is 4.56. The fourth-order valence-corrected chi connectivity index (χ4v) is 3.05. The van der Waals surface area contributed by atoms with Gasteiger partial charge < -0.3 is 4.65 Å². The van der Waals surface area contributed by atoms with E-state index in [-0.39, 0.29) is 6.92 Å². The van der Waals surface area contributed by atoms with Gasteiger partial charge in [0.05, 0.1) is 0 Å². The molecule has 3 heteroatoms. The minimum Gasteiger partial charge on any atom is -0.550 e. The van der Waals surface area contributed by atoms with Crippen molar-refractivity contribution in [1.29, 1.82) is 0 Å². The van der Waals surface area contributed by atoms with Crippen molar-refractivity contribution in [3.05, 3.63) is 103 Å². The van der Waals surface area contributed by atoms with Crippen LogP contribution in [-0.4, -0.2) is 11.9 Å². The average molecular weight is 367 g/mol. The van der Waals surface area contributed by atoms with Gasteiger partial charge in [0.1, 0.15) is 11.3 Å². The zero-order valence-electron chi connectivity index (χ0n) is 16.7. The molecule has 3 rings (SSSR count). The third-order valence-corrected chi connectivity index (χ3v) is 4.56. The van der Waals surface area contributed by atoms with Gasteiger partial charge in [-0.2, -0.15) is 0 Å². The van der Waals surface area contributed by atoms with Crippen LogP contribution >= 0.6 is 0 Å². The standard InChI is InChI=1S/C25H26BNO/c1-4-9-20(2)10-5-6-18-26(23-16-14-21(3)15-17-23)28-24-13-7-11-22-12-8-19-27-25(22)24/h4-20H,1-3H3/b9-4-,10-5?,18-6+. The second-order valence-electron chi connectivity index (χ2n) is 6.94. The molecule has 140 valence electrons. The Bertz CT molecular complexity index is 984. The van der Waals surface area contributed by atoms with E-state index in [4.69, 9.17) is 4.65 Å². The molecule has 0 aliphatic rings. The van der Waals surface area contributed by atoms with E-state index in [2.05, 4.69) is 91.6 Å². The van der Waals surface area contributed by atoms with Crippen molar-refractivity contribution >= 4 is 23.3 Å². The molecule has 0 saturated carbocycles. The fourth-order valence-electron chi connectivity index (χ4n) is 3.05. The number of hydrogen-bond acceptors (Lipinski definition) is 2. The second kappa shape index (κ2) is 9.75. The molecule has 0 saturated heterocycles. The van der Waals surface area contributed by atoms with Crippen LogP contribution in [0.4, 0.5) is 0 Å².